The molecule has 0 spiro atoms. The highest BCUT2D eigenvalue weighted by atomic mass is 16.5. The molecule has 3 fully saturated rings. The van der Waals surface area contributed by atoms with Gasteiger partial charge in [-0.2, -0.15) is 0 Å². The van der Waals surface area contributed by atoms with E-state index in [9.17, 15) is 4.79 Å². The molecular weight excluding hydrogens is 296 g/mol. The molecule has 0 N–H and O–H groups in total. The zero-order chi connectivity index (χ0) is 15.8. The minimum Gasteiger partial charge on any atom is -0.481 e. The Morgan fingerprint density at radius 2 is 2.13 bits per heavy atom. The number of rotatable bonds is 3. The maximum absolute atomic E-state index is 12.7. The Kier molecular flexibility index (Phi) is 3.80. The molecule has 3 atom stereocenters. The van der Waals surface area contributed by atoms with Gasteiger partial charge < -0.3 is 19.3 Å². The minimum atomic E-state index is 0.0574. The van der Waals surface area contributed by atoms with Crippen LogP contribution in [0.15, 0.2) is 12.4 Å². The van der Waals surface area contributed by atoms with Crippen molar-refractivity contribution in [3.63, 3.8) is 0 Å². The number of aromatic nitrogens is 2. The van der Waals surface area contributed by atoms with Gasteiger partial charge in [-0.3, -0.25) is 4.79 Å². The van der Waals surface area contributed by atoms with Crippen LogP contribution in [0.4, 0.5) is 5.82 Å². The lowest BCUT2D eigenvalue weighted by atomic mass is 10.1. The number of fused-ring (bicyclic) bond motifs is 1. The number of carbonyl (C=O) groups is 1. The number of likely N-dealkylation sites (tertiary alicyclic amines) is 1. The van der Waals surface area contributed by atoms with E-state index in [0.717, 1.165) is 38.2 Å². The van der Waals surface area contributed by atoms with Gasteiger partial charge in [-0.15, -0.1) is 0 Å². The van der Waals surface area contributed by atoms with E-state index in [1.54, 1.807) is 7.11 Å². The Morgan fingerprint density at radius 3 is 2.91 bits per heavy atom. The van der Waals surface area contributed by atoms with Gasteiger partial charge in [0.05, 0.1) is 31.7 Å². The molecule has 4 heterocycles. The van der Waals surface area contributed by atoms with Crippen molar-refractivity contribution < 1.29 is 14.3 Å². The Balaban J connectivity index is 1.50. The van der Waals surface area contributed by atoms with Crippen LogP contribution in [0.5, 0.6) is 5.88 Å². The normalized spacial score (nSPS) is 29.9. The average Bonchev–Trinajstić information content (AvgIpc) is 3.31. The highest BCUT2D eigenvalue weighted by Crippen LogP contribution is 2.36. The predicted molar refractivity (Wildman–Crippen MR) is 83.4 cm³/mol. The quantitative estimate of drug-likeness (QED) is 0.817. The summed E-state index contributed by atoms with van der Waals surface area (Å²) in [7, 11) is 1.61. The van der Waals surface area contributed by atoms with E-state index < -0.39 is 0 Å². The first-order chi connectivity index (χ1) is 11.3. The second-order valence-corrected chi connectivity index (χ2v) is 6.42. The Bertz CT molecular complexity index is 590. The van der Waals surface area contributed by atoms with Gasteiger partial charge in [0, 0.05) is 25.8 Å². The Morgan fingerprint density at radius 1 is 1.26 bits per heavy atom. The zero-order valence-electron chi connectivity index (χ0n) is 13.4. The topological polar surface area (TPSA) is 67.8 Å². The monoisotopic (exact) mass is 318 g/mol. The van der Waals surface area contributed by atoms with Gasteiger partial charge >= 0.3 is 0 Å². The highest BCUT2D eigenvalue weighted by molar-refractivity contribution is 5.80. The summed E-state index contributed by atoms with van der Waals surface area (Å²) in [6, 6.07) is 2.52. The molecule has 0 radical (unpaired) electrons. The number of hydrogen-bond acceptors (Lipinski definition) is 6. The van der Waals surface area contributed by atoms with Crippen LogP contribution in [-0.4, -0.2) is 66.3 Å². The Labute approximate surface area is 135 Å². The summed E-state index contributed by atoms with van der Waals surface area (Å²) in [5.41, 5.74) is 0. The van der Waals surface area contributed by atoms with Crippen molar-refractivity contribution >= 4 is 11.7 Å². The van der Waals surface area contributed by atoms with Gasteiger partial charge in [0.1, 0.15) is 12.1 Å². The molecule has 0 saturated carbocycles. The van der Waals surface area contributed by atoms with Gasteiger partial charge in [0.2, 0.25) is 11.8 Å². The number of ether oxygens (including phenoxy) is 2. The summed E-state index contributed by atoms with van der Waals surface area (Å²) < 4.78 is 10.6. The van der Waals surface area contributed by atoms with E-state index in [2.05, 4.69) is 19.8 Å². The van der Waals surface area contributed by atoms with E-state index in [1.807, 2.05) is 6.07 Å². The van der Waals surface area contributed by atoms with Crippen molar-refractivity contribution in [1.82, 2.24) is 14.9 Å². The lowest BCUT2D eigenvalue weighted by molar-refractivity contribution is -0.136. The molecule has 0 unspecified atom stereocenters. The fraction of sp³-hybridized carbons (Fsp3) is 0.688. The van der Waals surface area contributed by atoms with Gasteiger partial charge in [0.25, 0.3) is 0 Å². The van der Waals surface area contributed by atoms with Gasteiger partial charge in [0.15, 0.2) is 0 Å². The maximum Gasteiger partial charge on any atom is 0.228 e. The number of hydrogen-bond donors (Lipinski definition) is 0. The summed E-state index contributed by atoms with van der Waals surface area (Å²) in [5, 5.41) is 0. The molecule has 3 saturated heterocycles. The van der Waals surface area contributed by atoms with E-state index in [4.69, 9.17) is 9.47 Å². The van der Waals surface area contributed by atoms with Crippen molar-refractivity contribution in [3.05, 3.63) is 12.4 Å². The second-order valence-electron chi connectivity index (χ2n) is 6.42. The second kappa shape index (κ2) is 5.96. The van der Waals surface area contributed by atoms with Crippen molar-refractivity contribution in [2.24, 2.45) is 5.92 Å². The van der Waals surface area contributed by atoms with Gasteiger partial charge in [-0.05, 0) is 19.3 Å². The molecule has 124 valence electrons. The number of methoxy groups -OCH3 is 1. The number of carbonyl (C=O) groups excluding carboxylic acids is 1. The van der Waals surface area contributed by atoms with Crippen LogP contribution in [0.3, 0.4) is 0 Å². The van der Waals surface area contributed by atoms with Crippen LogP contribution < -0.4 is 9.64 Å². The summed E-state index contributed by atoms with van der Waals surface area (Å²) in [5.74, 6) is 1.80. The van der Waals surface area contributed by atoms with Crippen molar-refractivity contribution in [1.29, 1.82) is 0 Å². The van der Waals surface area contributed by atoms with Crippen LogP contribution >= 0.6 is 0 Å². The molecule has 1 amide bonds. The first-order valence-electron chi connectivity index (χ1n) is 8.29. The van der Waals surface area contributed by atoms with Crippen LogP contribution in [0.25, 0.3) is 0 Å². The highest BCUT2D eigenvalue weighted by Gasteiger charge is 2.46. The molecular formula is C16H22N4O3. The first-order valence-corrected chi connectivity index (χ1v) is 8.29. The summed E-state index contributed by atoms with van der Waals surface area (Å²) in [6.07, 6.45) is 4.39. The summed E-state index contributed by atoms with van der Waals surface area (Å²) in [4.78, 5) is 25.6. The lowest BCUT2D eigenvalue weighted by Gasteiger charge is -2.27. The van der Waals surface area contributed by atoms with Crippen molar-refractivity contribution in [2.45, 2.75) is 31.3 Å². The maximum atomic E-state index is 12.7. The Hall–Kier alpha value is -1.89. The van der Waals surface area contributed by atoms with Crippen molar-refractivity contribution in [2.75, 3.05) is 38.3 Å². The third-order valence-electron chi connectivity index (χ3n) is 5.27. The van der Waals surface area contributed by atoms with Crippen LogP contribution in [0.2, 0.25) is 0 Å². The molecule has 4 rings (SSSR count). The van der Waals surface area contributed by atoms with Crippen LogP contribution in [0, 0.1) is 5.92 Å². The van der Waals surface area contributed by atoms with Gasteiger partial charge in [-0.25, -0.2) is 9.97 Å². The third-order valence-corrected chi connectivity index (χ3v) is 5.27. The predicted octanol–water partition coefficient (Wildman–Crippen LogP) is 0.701. The summed E-state index contributed by atoms with van der Waals surface area (Å²) in [6.45, 7) is 3.05. The molecule has 3 aliphatic rings. The first kappa shape index (κ1) is 14.7. The standard InChI is InChI=1S/C16H22N4O3/c1-22-15-8-14(17-10-18-15)19-5-2-13-12(19)3-6-20(13)16(21)11-4-7-23-9-11/h8,10-13H,2-7,9H2,1H3/t11-,12+,13-/m1/s1. The molecule has 1 aromatic heterocycles. The van der Waals surface area contributed by atoms with E-state index in [1.165, 1.54) is 6.33 Å². The average molecular weight is 318 g/mol. The van der Waals surface area contributed by atoms with Crippen molar-refractivity contribution in [3.8, 4) is 5.88 Å². The number of nitrogens with zero attached hydrogens (tertiary/aromatic N) is 4. The molecule has 0 aromatic carbocycles. The SMILES string of the molecule is COc1cc(N2CC[C@@H]3[C@@H]2CCN3C(=O)[C@@H]2CCOC2)ncn1. The zero-order valence-corrected chi connectivity index (χ0v) is 13.4. The minimum absolute atomic E-state index is 0.0574. The molecule has 23 heavy (non-hydrogen) atoms. The summed E-state index contributed by atoms with van der Waals surface area (Å²) >= 11 is 0. The molecule has 7 nitrogen and oxygen atoms in total. The smallest absolute Gasteiger partial charge is 0.228 e. The number of anilines is 1. The molecule has 7 heteroatoms. The fourth-order valence-electron chi connectivity index (χ4n) is 4.11. The van der Waals surface area contributed by atoms with E-state index >= 15 is 0 Å². The molecule has 0 aliphatic carbocycles. The fourth-order valence-corrected chi connectivity index (χ4v) is 4.11. The lowest BCUT2D eigenvalue weighted by Crippen LogP contribution is -2.42. The third kappa shape index (κ3) is 2.52. The van der Waals surface area contributed by atoms with E-state index in [-0.39, 0.29) is 11.8 Å². The molecule has 0 bridgehead atoms. The molecule has 3 aliphatic heterocycles. The van der Waals surface area contributed by atoms with Gasteiger partial charge in [-0.1, -0.05) is 0 Å². The number of amides is 1. The van der Waals surface area contributed by atoms with Crippen LogP contribution in [-0.2, 0) is 9.53 Å². The van der Waals surface area contributed by atoms with E-state index in [0.29, 0.717) is 31.2 Å². The largest absolute Gasteiger partial charge is 0.481 e. The molecule has 1 aromatic rings. The van der Waals surface area contributed by atoms with Crippen LogP contribution in [0.1, 0.15) is 19.3 Å².